The van der Waals surface area contributed by atoms with Crippen molar-refractivity contribution in [2.45, 2.75) is 61.8 Å². The van der Waals surface area contributed by atoms with Gasteiger partial charge in [-0.25, -0.2) is 17.7 Å². The zero-order chi connectivity index (χ0) is 24.2. The quantitative estimate of drug-likeness (QED) is 0.491. The average molecular weight is 471 g/mol. The van der Waals surface area contributed by atoms with Crippen LogP contribution in [0, 0.1) is 0 Å². The van der Waals surface area contributed by atoms with Crippen LogP contribution < -0.4 is 10.9 Å². The molecule has 4 rings (SSSR count). The van der Waals surface area contributed by atoms with Crippen molar-refractivity contribution in [3.63, 3.8) is 0 Å². The summed E-state index contributed by atoms with van der Waals surface area (Å²) >= 11 is 0. The first-order chi connectivity index (χ1) is 15.3. The SMILES string of the molecule is BC(B)(B)c1cc2cnc(NC3CCN(S(C)(=O)=O)CC3)nc2n([C@H]2CCC[C@]2(C)O)c1=O. The first-order valence-electron chi connectivity index (χ1n) is 11.6. The van der Waals surface area contributed by atoms with Gasteiger partial charge < -0.3 is 10.4 Å². The summed E-state index contributed by atoms with van der Waals surface area (Å²) in [5.74, 6) is 0.412. The highest BCUT2D eigenvalue weighted by Gasteiger charge is 2.40. The summed E-state index contributed by atoms with van der Waals surface area (Å²) in [6.45, 7) is 2.70. The van der Waals surface area contributed by atoms with E-state index in [9.17, 15) is 18.3 Å². The van der Waals surface area contributed by atoms with Crippen molar-refractivity contribution in [3.8, 4) is 0 Å². The number of aliphatic hydroxyl groups is 1. The number of hydrogen-bond acceptors (Lipinski definition) is 7. The summed E-state index contributed by atoms with van der Waals surface area (Å²) in [7, 11) is 2.83. The van der Waals surface area contributed by atoms with E-state index in [1.165, 1.54) is 10.6 Å². The lowest BCUT2D eigenvalue weighted by Crippen LogP contribution is -2.43. The fourth-order valence-electron chi connectivity index (χ4n) is 5.07. The molecule has 1 saturated carbocycles. The second kappa shape index (κ2) is 8.43. The predicted molar refractivity (Wildman–Crippen MR) is 138 cm³/mol. The van der Waals surface area contributed by atoms with E-state index in [4.69, 9.17) is 4.98 Å². The number of anilines is 1. The van der Waals surface area contributed by atoms with Crippen LogP contribution >= 0.6 is 0 Å². The Balaban J connectivity index is 1.73. The standard InChI is InChI=1S/C20H32B3N5O4S/c1-19(30)7-3-4-15(19)28-16-12(10-14(17(28)29)20(21,22)23)11-24-18(26-16)25-13-5-8-27(9-6-13)33(2,31)32/h10-11,13,15,30H,3-9,21-23H2,1-2H3,(H,24,25,26)/t15-,19-/m0/s1. The minimum Gasteiger partial charge on any atom is -0.388 e. The Morgan fingerprint density at radius 2 is 1.91 bits per heavy atom. The summed E-state index contributed by atoms with van der Waals surface area (Å²) in [5, 5.41) is 14.8. The average Bonchev–Trinajstić information content (AvgIpc) is 3.05. The Labute approximate surface area is 197 Å². The molecule has 13 heteroatoms. The minimum atomic E-state index is -3.19. The minimum absolute atomic E-state index is 0.0454. The van der Waals surface area contributed by atoms with Gasteiger partial charge in [-0.05, 0) is 45.1 Å². The molecular formula is C20H32B3N5O4S. The van der Waals surface area contributed by atoms with Crippen molar-refractivity contribution in [1.29, 1.82) is 0 Å². The van der Waals surface area contributed by atoms with Crippen molar-refractivity contribution in [1.82, 2.24) is 18.8 Å². The van der Waals surface area contributed by atoms with Crippen LogP contribution in [-0.4, -0.2) is 86.9 Å². The van der Waals surface area contributed by atoms with Crippen LogP contribution in [0.5, 0.6) is 0 Å². The number of nitrogens with zero attached hydrogens (tertiary/aromatic N) is 4. The Morgan fingerprint density at radius 1 is 1.24 bits per heavy atom. The van der Waals surface area contributed by atoms with Crippen LogP contribution in [0.4, 0.5) is 5.95 Å². The summed E-state index contributed by atoms with van der Waals surface area (Å²) in [5.41, 5.74) is 0.0965. The summed E-state index contributed by atoms with van der Waals surface area (Å²) in [6.07, 6.45) is 6.47. The molecule has 0 aromatic carbocycles. The summed E-state index contributed by atoms with van der Waals surface area (Å²) in [6, 6.07) is 1.56. The highest BCUT2D eigenvalue weighted by molar-refractivity contribution is 7.88. The molecule has 2 N–H and O–H groups in total. The maximum atomic E-state index is 13.6. The zero-order valence-electron chi connectivity index (χ0n) is 20.1. The molecular weight excluding hydrogens is 439 g/mol. The number of hydrogen-bond donors (Lipinski definition) is 2. The highest BCUT2D eigenvalue weighted by Crippen LogP contribution is 2.39. The van der Waals surface area contributed by atoms with E-state index >= 15 is 0 Å². The van der Waals surface area contributed by atoms with Crippen LogP contribution in [0.2, 0.25) is 0 Å². The third kappa shape index (κ3) is 4.86. The van der Waals surface area contributed by atoms with Crippen molar-refractivity contribution in [2.75, 3.05) is 24.7 Å². The molecule has 1 aliphatic heterocycles. The van der Waals surface area contributed by atoms with Gasteiger partial charge in [-0.1, -0.05) is 5.11 Å². The number of rotatable bonds is 5. The van der Waals surface area contributed by atoms with Crippen LogP contribution in [0.3, 0.4) is 0 Å². The van der Waals surface area contributed by atoms with Crippen molar-refractivity contribution < 1.29 is 13.5 Å². The molecule has 176 valence electrons. The number of piperidine rings is 1. The van der Waals surface area contributed by atoms with Gasteiger partial charge in [0.2, 0.25) is 16.0 Å². The monoisotopic (exact) mass is 471 g/mol. The number of aromatic nitrogens is 3. The smallest absolute Gasteiger partial charge is 0.254 e. The van der Waals surface area contributed by atoms with E-state index < -0.39 is 15.6 Å². The van der Waals surface area contributed by atoms with Gasteiger partial charge in [-0.2, -0.15) is 4.98 Å². The third-order valence-electron chi connectivity index (χ3n) is 7.03. The van der Waals surface area contributed by atoms with Gasteiger partial charge in [0, 0.05) is 36.3 Å². The van der Waals surface area contributed by atoms with Gasteiger partial charge in [-0.3, -0.25) is 9.36 Å². The molecule has 0 bridgehead atoms. The fourth-order valence-corrected chi connectivity index (χ4v) is 5.94. The van der Waals surface area contributed by atoms with Crippen molar-refractivity contribution >= 4 is 50.5 Å². The lowest BCUT2D eigenvalue weighted by molar-refractivity contribution is 0.0266. The molecule has 1 saturated heterocycles. The summed E-state index contributed by atoms with van der Waals surface area (Å²) < 4.78 is 26.7. The number of sulfonamides is 1. The molecule has 2 aromatic rings. The predicted octanol–water partition coefficient (Wildman–Crippen LogP) is -1.89. The van der Waals surface area contributed by atoms with E-state index in [1.807, 2.05) is 29.6 Å². The van der Waals surface area contributed by atoms with Gasteiger partial charge in [0.15, 0.2) is 0 Å². The second-order valence-electron chi connectivity index (χ2n) is 10.8. The molecule has 0 spiro atoms. The molecule has 0 amide bonds. The van der Waals surface area contributed by atoms with Crippen molar-refractivity contribution in [2.24, 2.45) is 0 Å². The maximum Gasteiger partial charge on any atom is 0.254 e. The van der Waals surface area contributed by atoms with Gasteiger partial charge in [0.05, 0.1) is 41.4 Å². The number of nitrogens with one attached hydrogen (secondary N) is 1. The van der Waals surface area contributed by atoms with Crippen LogP contribution in [0.15, 0.2) is 17.1 Å². The lowest BCUT2D eigenvalue weighted by atomic mass is 9.40. The summed E-state index contributed by atoms with van der Waals surface area (Å²) in [4.78, 5) is 22.9. The van der Waals surface area contributed by atoms with Gasteiger partial charge in [0.1, 0.15) is 5.65 Å². The molecule has 0 unspecified atom stereocenters. The number of fused-ring (bicyclic) bond motifs is 1. The molecule has 2 aliphatic rings. The Kier molecular flexibility index (Phi) is 6.20. The van der Waals surface area contributed by atoms with E-state index in [0.29, 0.717) is 55.9 Å². The normalized spacial score (nSPS) is 25.5. The largest absolute Gasteiger partial charge is 0.388 e. The van der Waals surface area contributed by atoms with Crippen LogP contribution in [0.1, 0.15) is 50.6 Å². The molecule has 3 heterocycles. The van der Waals surface area contributed by atoms with Crippen LogP contribution in [-0.2, 0) is 15.1 Å². The first kappa shape index (κ1) is 24.3. The molecule has 0 radical (unpaired) electrons. The van der Waals surface area contributed by atoms with E-state index in [2.05, 4.69) is 10.3 Å². The molecule has 2 atom stereocenters. The Bertz CT molecular complexity index is 1220. The topological polar surface area (TPSA) is 117 Å². The Morgan fingerprint density at radius 3 is 2.45 bits per heavy atom. The third-order valence-corrected chi connectivity index (χ3v) is 8.33. The zero-order valence-corrected chi connectivity index (χ0v) is 20.9. The molecule has 33 heavy (non-hydrogen) atoms. The molecule has 1 aliphatic carbocycles. The first-order valence-corrected chi connectivity index (χ1v) is 13.5. The fraction of sp³-hybridized carbons (Fsp3) is 0.650. The Hall–Kier alpha value is -1.85. The molecule has 2 fully saturated rings. The van der Waals surface area contributed by atoms with E-state index in [0.717, 1.165) is 11.8 Å². The highest BCUT2D eigenvalue weighted by atomic mass is 32.2. The van der Waals surface area contributed by atoms with E-state index in [-0.39, 0.29) is 22.8 Å². The lowest BCUT2D eigenvalue weighted by Gasteiger charge is -2.31. The number of pyridine rings is 1. The van der Waals surface area contributed by atoms with Gasteiger partial charge >= 0.3 is 0 Å². The molecule has 2 aromatic heterocycles. The molecule has 9 nitrogen and oxygen atoms in total. The van der Waals surface area contributed by atoms with Gasteiger partial charge in [-0.15, -0.1) is 0 Å². The van der Waals surface area contributed by atoms with Gasteiger partial charge in [0.25, 0.3) is 5.56 Å². The maximum absolute atomic E-state index is 13.6. The van der Waals surface area contributed by atoms with E-state index in [1.54, 1.807) is 17.7 Å². The second-order valence-corrected chi connectivity index (χ2v) is 12.8. The van der Waals surface area contributed by atoms with Crippen LogP contribution in [0.25, 0.3) is 11.0 Å². The van der Waals surface area contributed by atoms with Crippen molar-refractivity contribution in [3.05, 3.63) is 28.2 Å².